The molecule has 0 bridgehead atoms. The van der Waals surface area contributed by atoms with Gasteiger partial charge < -0.3 is 10.1 Å². The van der Waals surface area contributed by atoms with Gasteiger partial charge in [0, 0.05) is 5.54 Å². The quantitative estimate of drug-likeness (QED) is 0.473. The molecule has 0 aliphatic heterocycles. The van der Waals surface area contributed by atoms with Crippen LogP contribution >= 0.6 is 22.6 Å². The van der Waals surface area contributed by atoms with Crippen molar-refractivity contribution in [2.45, 2.75) is 25.1 Å². The Balaban J connectivity index is 3.93. The topological polar surface area (TPSA) is 38.3 Å². The second-order valence-corrected chi connectivity index (χ2v) is 3.26. The number of rotatable bonds is 4. The monoisotopic (exact) mass is 277 g/mol. The van der Waals surface area contributed by atoms with Crippen LogP contribution in [-0.4, -0.2) is 31.9 Å². The van der Waals surface area contributed by atoms with Crippen LogP contribution in [0.1, 0.15) is 6.92 Å². The molecule has 0 aromatic heterocycles. The van der Waals surface area contributed by atoms with Gasteiger partial charge in [-0.25, -0.2) is 4.79 Å². The first-order chi connectivity index (χ1) is 5.58. The maximum absolute atomic E-state index is 10.9. The second-order valence-electron chi connectivity index (χ2n) is 2.63. The number of hydrogen-bond acceptors (Lipinski definition) is 2. The van der Waals surface area contributed by atoms with Crippen molar-refractivity contribution in [3.63, 3.8) is 0 Å². The van der Waals surface area contributed by atoms with Crippen LogP contribution in [0.25, 0.3) is 0 Å². The number of carbonyl (C=O) groups excluding carboxylic acids is 1. The average molecular weight is 277 g/mol. The Bertz CT molecular complexity index is 152. The number of carbonyl (C=O) groups is 1. The van der Waals surface area contributed by atoms with E-state index in [1.54, 1.807) is 6.92 Å². The molecule has 0 saturated carbocycles. The molecule has 0 spiro atoms. The van der Waals surface area contributed by atoms with Gasteiger partial charge in [-0.2, -0.15) is 0 Å². The Morgan fingerprint density at radius 2 is 2.08 bits per heavy atom. The van der Waals surface area contributed by atoms with Gasteiger partial charge >= 0.3 is 6.09 Å². The third-order valence-electron chi connectivity index (χ3n) is 1.49. The van der Waals surface area contributed by atoms with E-state index in [0.717, 1.165) is 0 Å². The standard InChI is InChI=1S/C6H10B2INO2/c1-6(2-7,3-8)10-5(11)12-4-9/h2-4H2,1H3,(H,10,11). The van der Waals surface area contributed by atoms with E-state index in [9.17, 15) is 4.79 Å². The molecule has 3 nitrogen and oxygen atoms in total. The fraction of sp³-hybridized carbons (Fsp3) is 0.833. The van der Waals surface area contributed by atoms with Crippen molar-refractivity contribution >= 4 is 44.4 Å². The summed E-state index contributed by atoms with van der Waals surface area (Å²) in [5.41, 5.74) is -0.567. The van der Waals surface area contributed by atoms with Gasteiger partial charge in [0.15, 0.2) is 0 Å². The van der Waals surface area contributed by atoms with Crippen molar-refractivity contribution < 1.29 is 9.53 Å². The zero-order valence-electron chi connectivity index (χ0n) is 6.97. The highest BCUT2D eigenvalue weighted by Crippen LogP contribution is 2.12. The fourth-order valence-corrected chi connectivity index (χ4v) is 0.800. The number of ether oxygens (including phenoxy) is 1. The fourth-order valence-electron chi connectivity index (χ4n) is 0.517. The van der Waals surface area contributed by atoms with Gasteiger partial charge in [0.2, 0.25) is 0 Å². The molecule has 4 radical (unpaired) electrons. The van der Waals surface area contributed by atoms with E-state index in [0.29, 0.717) is 17.3 Å². The van der Waals surface area contributed by atoms with E-state index in [-0.39, 0.29) is 0 Å². The van der Waals surface area contributed by atoms with Gasteiger partial charge in [-0.1, -0.05) is 12.6 Å². The summed E-state index contributed by atoms with van der Waals surface area (Å²) in [6.45, 7) is 1.77. The van der Waals surface area contributed by atoms with Crippen LogP contribution in [0.4, 0.5) is 4.79 Å². The van der Waals surface area contributed by atoms with Crippen LogP contribution in [-0.2, 0) is 4.74 Å². The summed E-state index contributed by atoms with van der Waals surface area (Å²) in [5.74, 6) is 0. The molecule has 12 heavy (non-hydrogen) atoms. The van der Waals surface area contributed by atoms with Crippen LogP contribution in [0, 0.1) is 0 Å². The number of alkyl halides is 1. The van der Waals surface area contributed by atoms with E-state index in [4.69, 9.17) is 15.7 Å². The van der Waals surface area contributed by atoms with Gasteiger partial charge in [-0.15, -0.1) is 0 Å². The summed E-state index contributed by atoms with van der Waals surface area (Å²) >= 11 is 1.93. The minimum Gasteiger partial charge on any atom is -0.439 e. The highest BCUT2D eigenvalue weighted by molar-refractivity contribution is 14.1. The van der Waals surface area contributed by atoms with E-state index in [1.807, 2.05) is 22.6 Å². The molecule has 64 valence electrons. The van der Waals surface area contributed by atoms with Crippen LogP contribution in [0.5, 0.6) is 0 Å². The van der Waals surface area contributed by atoms with Crippen molar-refractivity contribution in [2.75, 3.05) is 4.61 Å². The summed E-state index contributed by atoms with van der Waals surface area (Å²) in [5, 5.41) is 2.58. The normalized spacial score (nSPS) is 10.8. The molecular formula is C6H10B2INO2. The molecule has 1 N–H and O–H groups in total. The lowest BCUT2D eigenvalue weighted by Crippen LogP contribution is -2.45. The van der Waals surface area contributed by atoms with Crippen LogP contribution in [0.15, 0.2) is 0 Å². The Labute approximate surface area is 89.0 Å². The molecule has 6 heteroatoms. The Kier molecular flexibility index (Phi) is 5.78. The molecular weight excluding hydrogens is 267 g/mol. The molecule has 0 atom stereocenters. The Morgan fingerprint density at radius 1 is 1.58 bits per heavy atom. The first-order valence-electron chi connectivity index (χ1n) is 3.49. The molecule has 0 aliphatic carbocycles. The summed E-state index contributed by atoms with van der Waals surface area (Å²) in [6, 6.07) is 0. The molecule has 0 aromatic carbocycles. The zero-order valence-corrected chi connectivity index (χ0v) is 9.13. The molecule has 1 amide bonds. The number of alkyl carbamates (subject to hydrolysis) is 1. The molecule has 0 aromatic rings. The lowest BCUT2D eigenvalue weighted by Gasteiger charge is -2.27. The minimum absolute atomic E-state index is 0.292. The largest absolute Gasteiger partial charge is 0.439 e. The number of halogens is 1. The predicted octanol–water partition coefficient (Wildman–Crippen LogP) is 1.04. The molecule has 0 rings (SSSR count). The first kappa shape index (κ1) is 12.1. The maximum Gasteiger partial charge on any atom is 0.408 e. The molecule has 0 unspecified atom stereocenters. The van der Waals surface area contributed by atoms with Gasteiger partial charge in [-0.3, -0.25) is 0 Å². The zero-order chi connectivity index (χ0) is 9.61. The predicted molar refractivity (Wildman–Crippen MR) is 58.0 cm³/mol. The van der Waals surface area contributed by atoms with Crippen molar-refractivity contribution in [3.05, 3.63) is 0 Å². The third-order valence-corrected chi connectivity index (χ3v) is 1.80. The lowest BCUT2D eigenvalue weighted by atomic mass is 9.76. The second kappa shape index (κ2) is 5.72. The van der Waals surface area contributed by atoms with Crippen LogP contribution in [0.2, 0.25) is 12.6 Å². The smallest absolute Gasteiger partial charge is 0.408 e. The van der Waals surface area contributed by atoms with Crippen LogP contribution < -0.4 is 5.32 Å². The number of amides is 1. The molecule has 0 fully saturated rings. The molecule has 0 saturated heterocycles. The van der Waals surface area contributed by atoms with Crippen molar-refractivity contribution in [2.24, 2.45) is 0 Å². The van der Waals surface area contributed by atoms with E-state index in [1.165, 1.54) is 0 Å². The van der Waals surface area contributed by atoms with Crippen molar-refractivity contribution in [1.29, 1.82) is 0 Å². The van der Waals surface area contributed by atoms with E-state index >= 15 is 0 Å². The molecule has 0 heterocycles. The van der Waals surface area contributed by atoms with Gasteiger partial charge in [0.1, 0.15) is 4.61 Å². The van der Waals surface area contributed by atoms with Crippen molar-refractivity contribution in [3.8, 4) is 0 Å². The maximum atomic E-state index is 10.9. The first-order valence-corrected chi connectivity index (χ1v) is 5.01. The highest BCUT2D eigenvalue weighted by Gasteiger charge is 2.21. The van der Waals surface area contributed by atoms with Gasteiger partial charge in [0.05, 0.1) is 15.7 Å². The summed E-state index contributed by atoms with van der Waals surface area (Å²) in [4.78, 5) is 10.9. The summed E-state index contributed by atoms with van der Waals surface area (Å²) in [6.07, 6.45) is 0.0995. The Hall–Kier alpha value is 0.130. The highest BCUT2D eigenvalue weighted by atomic mass is 127. The number of hydrogen-bond donors (Lipinski definition) is 1. The SMILES string of the molecule is [B]CC(C)(C[B])NC(=O)OCI. The summed E-state index contributed by atoms with van der Waals surface area (Å²) < 4.78 is 4.98. The van der Waals surface area contributed by atoms with Crippen molar-refractivity contribution in [1.82, 2.24) is 5.32 Å². The van der Waals surface area contributed by atoms with Gasteiger partial charge in [-0.05, 0) is 29.5 Å². The third kappa shape index (κ3) is 4.23. The molecule has 0 aliphatic rings. The lowest BCUT2D eigenvalue weighted by molar-refractivity contribution is 0.159. The van der Waals surface area contributed by atoms with Crippen LogP contribution in [0.3, 0.4) is 0 Å². The summed E-state index contributed by atoms with van der Waals surface area (Å²) in [7, 11) is 10.8. The van der Waals surface area contributed by atoms with E-state index < -0.39 is 11.6 Å². The van der Waals surface area contributed by atoms with E-state index in [2.05, 4.69) is 10.1 Å². The Morgan fingerprint density at radius 3 is 2.42 bits per heavy atom. The minimum atomic E-state index is -0.567. The number of nitrogens with one attached hydrogen (secondary N) is 1. The average Bonchev–Trinajstić information content (AvgIpc) is 2.05. The van der Waals surface area contributed by atoms with Gasteiger partial charge in [0.25, 0.3) is 0 Å².